The number of carbonyl (C=O) groups excluding carboxylic acids is 1. The highest BCUT2D eigenvalue weighted by Crippen LogP contribution is 2.19. The second kappa shape index (κ2) is 7.34. The first-order valence-electron chi connectivity index (χ1n) is 6.70. The maximum Gasteiger partial charge on any atom is 0.267 e. The Kier molecular flexibility index (Phi) is 5.23. The molecule has 0 unspecified atom stereocenters. The van der Waals surface area contributed by atoms with Crippen LogP contribution < -0.4 is 10.2 Å². The molecule has 0 radical (unpaired) electrons. The van der Waals surface area contributed by atoms with Gasteiger partial charge in [0.15, 0.2) is 0 Å². The van der Waals surface area contributed by atoms with Crippen LogP contribution in [0.15, 0.2) is 60.3 Å². The van der Waals surface area contributed by atoms with Gasteiger partial charge in [0, 0.05) is 29.6 Å². The number of hydrogen-bond acceptors (Lipinski definition) is 4. The Balaban J connectivity index is 2.16. The maximum atomic E-state index is 12.2. The molecule has 2 N–H and O–H groups in total. The summed E-state index contributed by atoms with van der Waals surface area (Å²) in [5.74, 6) is -0.384. The Bertz CT molecular complexity index is 779. The van der Waals surface area contributed by atoms with Gasteiger partial charge in [-0.25, -0.2) is 0 Å². The minimum atomic E-state index is -0.527. The average molecular weight is 328 g/mol. The second-order valence-electron chi connectivity index (χ2n) is 4.75. The molecule has 1 amide bonds. The van der Waals surface area contributed by atoms with Gasteiger partial charge in [-0.3, -0.25) is 4.79 Å². The molecule has 0 saturated heterocycles. The monoisotopic (exact) mass is 327 g/mol. The van der Waals surface area contributed by atoms with E-state index in [-0.39, 0.29) is 11.3 Å². The number of phenols is 1. The van der Waals surface area contributed by atoms with Crippen molar-refractivity contribution in [2.45, 2.75) is 0 Å². The number of phenolic OH excluding ortho intramolecular Hbond substituents is 1. The van der Waals surface area contributed by atoms with Crippen molar-refractivity contribution < 1.29 is 9.90 Å². The SMILES string of the molecule is CN(/C=C(/C#N)C(=O)Nc1cccc(Cl)c1)c1ccc(O)cc1. The van der Waals surface area contributed by atoms with E-state index in [1.54, 1.807) is 48.3 Å². The summed E-state index contributed by atoms with van der Waals surface area (Å²) in [6, 6.07) is 15.0. The number of nitrogens with zero attached hydrogens (tertiary/aromatic N) is 2. The van der Waals surface area contributed by atoms with E-state index in [4.69, 9.17) is 11.6 Å². The summed E-state index contributed by atoms with van der Waals surface area (Å²) in [6.07, 6.45) is 1.42. The Morgan fingerprint density at radius 3 is 2.61 bits per heavy atom. The number of benzene rings is 2. The fraction of sp³-hybridized carbons (Fsp3) is 0.0588. The Labute approximate surface area is 139 Å². The Morgan fingerprint density at radius 1 is 1.30 bits per heavy atom. The third kappa shape index (κ3) is 4.50. The van der Waals surface area contributed by atoms with E-state index >= 15 is 0 Å². The van der Waals surface area contributed by atoms with E-state index in [1.807, 2.05) is 6.07 Å². The quantitative estimate of drug-likeness (QED) is 0.665. The number of nitrogens with one attached hydrogen (secondary N) is 1. The van der Waals surface area contributed by atoms with Crippen molar-refractivity contribution in [2.75, 3.05) is 17.3 Å². The first-order valence-corrected chi connectivity index (χ1v) is 7.08. The number of hydrogen-bond donors (Lipinski definition) is 2. The molecule has 0 aliphatic rings. The van der Waals surface area contributed by atoms with Gasteiger partial charge in [-0.2, -0.15) is 5.26 Å². The molecule has 6 heteroatoms. The van der Waals surface area contributed by atoms with Gasteiger partial charge in [-0.1, -0.05) is 17.7 Å². The summed E-state index contributed by atoms with van der Waals surface area (Å²) in [7, 11) is 1.70. The molecule has 23 heavy (non-hydrogen) atoms. The molecule has 0 fully saturated rings. The predicted molar refractivity (Wildman–Crippen MR) is 90.3 cm³/mol. The van der Waals surface area contributed by atoms with Gasteiger partial charge in [-0.15, -0.1) is 0 Å². The summed E-state index contributed by atoms with van der Waals surface area (Å²) in [5.41, 5.74) is 1.18. The second-order valence-corrected chi connectivity index (χ2v) is 5.18. The van der Waals surface area contributed by atoms with E-state index < -0.39 is 5.91 Å². The van der Waals surface area contributed by atoms with Gasteiger partial charge in [0.2, 0.25) is 0 Å². The minimum Gasteiger partial charge on any atom is -0.508 e. The molecule has 0 heterocycles. The molecule has 0 aliphatic carbocycles. The lowest BCUT2D eigenvalue weighted by Gasteiger charge is -2.15. The summed E-state index contributed by atoms with van der Waals surface area (Å²) >= 11 is 5.86. The van der Waals surface area contributed by atoms with E-state index in [9.17, 15) is 15.2 Å². The van der Waals surface area contributed by atoms with Gasteiger partial charge in [-0.05, 0) is 42.5 Å². The highest BCUT2D eigenvalue weighted by Gasteiger charge is 2.11. The fourth-order valence-corrected chi connectivity index (χ4v) is 2.05. The lowest BCUT2D eigenvalue weighted by Crippen LogP contribution is -2.17. The van der Waals surface area contributed by atoms with Crippen molar-refractivity contribution in [3.05, 3.63) is 65.3 Å². The zero-order valence-electron chi connectivity index (χ0n) is 12.3. The number of nitriles is 1. The predicted octanol–water partition coefficient (Wildman–Crippen LogP) is 3.53. The molecule has 0 aromatic heterocycles. The molecule has 5 nitrogen and oxygen atoms in total. The van der Waals surface area contributed by atoms with Gasteiger partial charge >= 0.3 is 0 Å². The largest absolute Gasteiger partial charge is 0.508 e. The summed E-state index contributed by atoms with van der Waals surface area (Å²) in [6.45, 7) is 0. The molecular weight excluding hydrogens is 314 g/mol. The van der Waals surface area contributed by atoms with Gasteiger partial charge in [0.1, 0.15) is 17.4 Å². The van der Waals surface area contributed by atoms with Crippen LogP contribution in [-0.4, -0.2) is 18.1 Å². The van der Waals surface area contributed by atoms with Crippen LogP contribution in [-0.2, 0) is 4.79 Å². The van der Waals surface area contributed by atoms with Crippen LogP contribution in [0.5, 0.6) is 5.75 Å². The van der Waals surface area contributed by atoms with Crippen LogP contribution in [0.1, 0.15) is 0 Å². The van der Waals surface area contributed by atoms with Crippen molar-refractivity contribution in [1.82, 2.24) is 0 Å². The number of anilines is 2. The molecule has 116 valence electrons. The van der Waals surface area contributed by atoms with Crippen LogP contribution in [0.3, 0.4) is 0 Å². The van der Waals surface area contributed by atoms with E-state index in [1.165, 1.54) is 18.3 Å². The number of aromatic hydroxyl groups is 1. The first-order chi connectivity index (χ1) is 11.0. The van der Waals surface area contributed by atoms with Crippen molar-refractivity contribution >= 4 is 28.9 Å². The van der Waals surface area contributed by atoms with Crippen molar-refractivity contribution in [2.24, 2.45) is 0 Å². The van der Waals surface area contributed by atoms with Crippen molar-refractivity contribution in [1.29, 1.82) is 5.26 Å². The van der Waals surface area contributed by atoms with Crippen LogP contribution in [0, 0.1) is 11.3 Å². The van der Waals surface area contributed by atoms with Crippen molar-refractivity contribution in [3.63, 3.8) is 0 Å². The molecule has 0 spiro atoms. The van der Waals surface area contributed by atoms with Crippen LogP contribution >= 0.6 is 11.6 Å². The topological polar surface area (TPSA) is 76.4 Å². The highest BCUT2D eigenvalue weighted by molar-refractivity contribution is 6.31. The summed E-state index contributed by atoms with van der Waals surface area (Å²) in [5, 5.41) is 21.6. The van der Waals surface area contributed by atoms with Gasteiger partial charge in [0.25, 0.3) is 5.91 Å². The van der Waals surface area contributed by atoms with Crippen LogP contribution in [0.4, 0.5) is 11.4 Å². The van der Waals surface area contributed by atoms with E-state index in [0.717, 1.165) is 5.69 Å². The van der Waals surface area contributed by atoms with Crippen LogP contribution in [0.2, 0.25) is 5.02 Å². The summed E-state index contributed by atoms with van der Waals surface area (Å²) < 4.78 is 0. The number of rotatable bonds is 4. The highest BCUT2D eigenvalue weighted by atomic mass is 35.5. The Hall–Kier alpha value is -2.97. The van der Waals surface area contributed by atoms with Gasteiger partial charge < -0.3 is 15.3 Å². The lowest BCUT2D eigenvalue weighted by atomic mass is 10.2. The zero-order chi connectivity index (χ0) is 16.8. The third-order valence-corrected chi connectivity index (χ3v) is 3.26. The molecule has 2 aromatic carbocycles. The van der Waals surface area contributed by atoms with E-state index in [0.29, 0.717) is 10.7 Å². The van der Waals surface area contributed by atoms with Crippen LogP contribution in [0.25, 0.3) is 0 Å². The third-order valence-electron chi connectivity index (χ3n) is 3.03. The number of carbonyl (C=O) groups is 1. The molecule has 0 atom stereocenters. The smallest absolute Gasteiger partial charge is 0.267 e. The number of halogens is 1. The first kappa shape index (κ1) is 16.4. The van der Waals surface area contributed by atoms with E-state index in [2.05, 4.69) is 5.32 Å². The molecule has 0 bridgehead atoms. The van der Waals surface area contributed by atoms with Gasteiger partial charge in [0.05, 0.1) is 0 Å². The fourth-order valence-electron chi connectivity index (χ4n) is 1.86. The molecule has 0 saturated carbocycles. The Morgan fingerprint density at radius 2 is 2.00 bits per heavy atom. The van der Waals surface area contributed by atoms with Crippen molar-refractivity contribution in [3.8, 4) is 11.8 Å². The zero-order valence-corrected chi connectivity index (χ0v) is 13.1. The minimum absolute atomic E-state index is 0.0550. The molecule has 2 rings (SSSR count). The number of amides is 1. The lowest BCUT2D eigenvalue weighted by molar-refractivity contribution is -0.112. The molecule has 0 aliphatic heterocycles. The maximum absolute atomic E-state index is 12.2. The standard InChI is InChI=1S/C17H14ClN3O2/c1-21(15-5-7-16(22)8-6-15)11-12(10-19)17(23)20-14-4-2-3-13(18)9-14/h2-9,11,22H,1H3,(H,20,23)/b12-11-. The normalized spacial score (nSPS) is 10.7. The molecule has 2 aromatic rings. The molecular formula is C17H14ClN3O2. The average Bonchev–Trinajstić information content (AvgIpc) is 2.53. The summed E-state index contributed by atoms with van der Waals surface area (Å²) in [4.78, 5) is 13.8.